The summed E-state index contributed by atoms with van der Waals surface area (Å²) in [6.07, 6.45) is -3.49. The monoisotopic (exact) mass is 279 g/mol. The Balaban J connectivity index is 2.21. The fourth-order valence-electron chi connectivity index (χ4n) is 3.29. The van der Waals surface area contributed by atoms with Gasteiger partial charge in [-0.3, -0.25) is 9.69 Å². The molecule has 19 heavy (non-hydrogen) atoms. The van der Waals surface area contributed by atoms with Crippen molar-refractivity contribution in [3.8, 4) is 0 Å². The molecule has 0 spiro atoms. The van der Waals surface area contributed by atoms with E-state index in [0.717, 1.165) is 0 Å². The molecule has 0 aromatic rings. The summed E-state index contributed by atoms with van der Waals surface area (Å²) < 4.78 is 38.8. The van der Waals surface area contributed by atoms with Crippen molar-refractivity contribution in [1.29, 1.82) is 0 Å². The Morgan fingerprint density at radius 3 is 2.47 bits per heavy atom. The minimum atomic E-state index is -4.24. The molecule has 2 unspecified atom stereocenters. The number of amides is 1. The Bertz CT molecular complexity index is 342. The molecule has 1 saturated carbocycles. The molecule has 2 fully saturated rings. The fraction of sp³-hybridized carbons (Fsp3) is 0.917. The summed E-state index contributed by atoms with van der Waals surface area (Å²) in [5.41, 5.74) is 4.36. The number of hydrogen-bond donors (Lipinski definition) is 2. The van der Waals surface area contributed by atoms with Crippen molar-refractivity contribution in [1.82, 2.24) is 10.2 Å². The maximum atomic E-state index is 12.9. The molecule has 1 heterocycles. The van der Waals surface area contributed by atoms with Crippen LogP contribution in [0.2, 0.25) is 0 Å². The van der Waals surface area contributed by atoms with E-state index in [0.29, 0.717) is 39.0 Å². The number of alkyl halides is 3. The van der Waals surface area contributed by atoms with Gasteiger partial charge in [-0.15, -0.1) is 0 Å². The zero-order valence-corrected chi connectivity index (χ0v) is 10.8. The Kier molecular flexibility index (Phi) is 4.06. The number of nitrogens with two attached hydrogens (primary N) is 1. The van der Waals surface area contributed by atoms with Gasteiger partial charge in [0, 0.05) is 26.2 Å². The van der Waals surface area contributed by atoms with Gasteiger partial charge in [-0.25, -0.2) is 0 Å². The predicted octanol–water partition coefficient (Wildman–Crippen LogP) is 0.868. The van der Waals surface area contributed by atoms with Gasteiger partial charge in [0.15, 0.2) is 0 Å². The Labute approximate surface area is 110 Å². The van der Waals surface area contributed by atoms with Crippen LogP contribution in [-0.4, -0.2) is 48.7 Å². The van der Waals surface area contributed by atoms with Crippen LogP contribution in [0.4, 0.5) is 13.2 Å². The summed E-state index contributed by atoms with van der Waals surface area (Å²) in [5, 5.41) is 3.14. The average molecular weight is 279 g/mol. The molecule has 0 bridgehead atoms. The van der Waals surface area contributed by atoms with Crippen LogP contribution in [0.3, 0.4) is 0 Å². The van der Waals surface area contributed by atoms with Gasteiger partial charge in [0.1, 0.15) is 5.54 Å². The molecule has 1 aliphatic carbocycles. The van der Waals surface area contributed by atoms with Crippen LogP contribution in [0, 0.1) is 5.92 Å². The highest BCUT2D eigenvalue weighted by Gasteiger charge is 2.52. The fourth-order valence-corrected chi connectivity index (χ4v) is 3.29. The maximum Gasteiger partial charge on any atom is 0.391 e. The van der Waals surface area contributed by atoms with Crippen LogP contribution in [-0.2, 0) is 4.79 Å². The SMILES string of the molecule is NC(=O)C1(N2CCNCC2)CCCC(C(F)(F)F)C1. The van der Waals surface area contributed by atoms with Crippen LogP contribution in [0.1, 0.15) is 25.7 Å². The molecule has 0 radical (unpaired) electrons. The molecule has 1 saturated heterocycles. The van der Waals surface area contributed by atoms with E-state index in [9.17, 15) is 18.0 Å². The molecular weight excluding hydrogens is 259 g/mol. The minimum Gasteiger partial charge on any atom is -0.368 e. The highest BCUT2D eigenvalue weighted by Crippen LogP contribution is 2.44. The summed E-state index contributed by atoms with van der Waals surface area (Å²) in [6.45, 7) is 2.53. The van der Waals surface area contributed by atoms with Gasteiger partial charge in [-0.2, -0.15) is 13.2 Å². The quantitative estimate of drug-likeness (QED) is 0.788. The summed E-state index contributed by atoms with van der Waals surface area (Å²) in [5.74, 6) is -2.02. The third-order valence-electron chi connectivity index (χ3n) is 4.37. The molecule has 2 rings (SSSR count). The van der Waals surface area contributed by atoms with Crippen molar-refractivity contribution in [3.63, 3.8) is 0 Å². The number of nitrogens with zero attached hydrogens (tertiary/aromatic N) is 1. The number of carbonyl (C=O) groups is 1. The Hall–Kier alpha value is -0.820. The van der Waals surface area contributed by atoms with Gasteiger partial charge in [0.2, 0.25) is 5.91 Å². The third-order valence-corrected chi connectivity index (χ3v) is 4.37. The van der Waals surface area contributed by atoms with Gasteiger partial charge < -0.3 is 11.1 Å². The molecule has 0 aromatic heterocycles. The van der Waals surface area contributed by atoms with Crippen molar-refractivity contribution < 1.29 is 18.0 Å². The van der Waals surface area contributed by atoms with Crippen LogP contribution in [0.5, 0.6) is 0 Å². The van der Waals surface area contributed by atoms with E-state index in [2.05, 4.69) is 5.32 Å². The summed E-state index contributed by atoms with van der Waals surface area (Å²) in [4.78, 5) is 13.7. The van der Waals surface area contributed by atoms with E-state index in [1.54, 1.807) is 0 Å². The van der Waals surface area contributed by atoms with Crippen molar-refractivity contribution >= 4 is 5.91 Å². The van der Waals surface area contributed by atoms with Crippen LogP contribution >= 0.6 is 0 Å². The molecule has 2 atom stereocenters. The van der Waals surface area contributed by atoms with E-state index < -0.39 is 23.5 Å². The smallest absolute Gasteiger partial charge is 0.368 e. The highest BCUT2D eigenvalue weighted by molar-refractivity contribution is 5.84. The van der Waals surface area contributed by atoms with E-state index in [4.69, 9.17) is 5.73 Å². The van der Waals surface area contributed by atoms with E-state index in [1.165, 1.54) is 0 Å². The maximum absolute atomic E-state index is 12.9. The molecule has 1 amide bonds. The number of hydrogen-bond acceptors (Lipinski definition) is 3. The molecule has 7 heteroatoms. The van der Waals surface area contributed by atoms with Gasteiger partial charge in [0.05, 0.1) is 5.92 Å². The van der Waals surface area contributed by atoms with Gasteiger partial charge in [-0.1, -0.05) is 6.42 Å². The normalized spacial score (nSPS) is 34.2. The number of rotatable bonds is 2. The van der Waals surface area contributed by atoms with E-state index >= 15 is 0 Å². The van der Waals surface area contributed by atoms with Gasteiger partial charge in [-0.05, 0) is 19.3 Å². The lowest BCUT2D eigenvalue weighted by Gasteiger charge is -2.48. The predicted molar refractivity (Wildman–Crippen MR) is 64.4 cm³/mol. The number of piperazine rings is 1. The number of carbonyl (C=O) groups excluding carboxylic acids is 1. The zero-order chi connectivity index (χ0) is 14.1. The highest BCUT2D eigenvalue weighted by atomic mass is 19.4. The van der Waals surface area contributed by atoms with Crippen LogP contribution in [0.15, 0.2) is 0 Å². The lowest BCUT2D eigenvalue weighted by molar-refractivity contribution is -0.195. The molecule has 110 valence electrons. The van der Waals surface area contributed by atoms with Crippen molar-refractivity contribution in [2.75, 3.05) is 26.2 Å². The Morgan fingerprint density at radius 1 is 1.32 bits per heavy atom. The van der Waals surface area contributed by atoms with Gasteiger partial charge >= 0.3 is 6.18 Å². The second-order valence-electron chi connectivity index (χ2n) is 5.47. The Morgan fingerprint density at radius 2 is 1.95 bits per heavy atom. The van der Waals surface area contributed by atoms with Crippen molar-refractivity contribution in [2.45, 2.75) is 37.4 Å². The largest absolute Gasteiger partial charge is 0.391 e. The number of halogens is 3. The molecule has 2 aliphatic rings. The minimum absolute atomic E-state index is 0.102. The molecule has 0 aromatic carbocycles. The van der Waals surface area contributed by atoms with E-state index in [-0.39, 0.29) is 12.8 Å². The van der Waals surface area contributed by atoms with Crippen LogP contribution in [0.25, 0.3) is 0 Å². The summed E-state index contributed by atoms with van der Waals surface area (Å²) in [6, 6.07) is 0. The third kappa shape index (κ3) is 2.86. The molecule has 4 nitrogen and oxygen atoms in total. The molecule has 3 N–H and O–H groups in total. The first kappa shape index (κ1) is 14.6. The van der Waals surface area contributed by atoms with E-state index in [1.807, 2.05) is 4.90 Å². The number of nitrogens with one attached hydrogen (secondary N) is 1. The lowest BCUT2D eigenvalue weighted by Crippen LogP contribution is -2.64. The average Bonchev–Trinajstić information content (AvgIpc) is 2.38. The first-order valence-corrected chi connectivity index (χ1v) is 6.69. The van der Waals surface area contributed by atoms with Gasteiger partial charge in [0.25, 0.3) is 0 Å². The summed E-state index contributed by atoms with van der Waals surface area (Å²) in [7, 11) is 0. The molecular formula is C12H20F3N3O. The molecule has 1 aliphatic heterocycles. The number of primary amides is 1. The second kappa shape index (κ2) is 5.28. The van der Waals surface area contributed by atoms with Crippen molar-refractivity contribution in [3.05, 3.63) is 0 Å². The second-order valence-corrected chi connectivity index (χ2v) is 5.47. The summed E-state index contributed by atoms with van der Waals surface area (Å²) >= 11 is 0. The lowest BCUT2D eigenvalue weighted by atomic mass is 9.73. The van der Waals surface area contributed by atoms with Crippen LogP contribution < -0.4 is 11.1 Å². The first-order valence-electron chi connectivity index (χ1n) is 6.69. The standard InChI is InChI=1S/C12H20F3N3O/c13-12(14,15)9-2-1-3-11(8-9,10(16)19)18-6-4-17-5-7-18/h9,17H,1-8H2,(H2,16,19). The zero-order valence-electron chi connectivity index (χ0n) is 10.8. The first-order chi connectivity index (χ1) is 8.86. The van der Waals surface area contributed by atoms with Crippen molar-refractivity contribution in [2.24, 2.45) is 11.7 Å². The topological polar surface area (TPSA) is 58.4 Å².